The molecule has 2 aromatic carbocycles. The smallest absolute Gasteiger partial charge is 0.259 e. The predicted octanol–water partition coefficient (Wildman–Crippen LogP) is 5.48. The molecule has 150 valence electrons. The third-order valence-electron chi connectivity index (χ3n) is 6.13. The van der Waals surface area contributed by atoms with Gasteiger partial charge in [0.25, 0.3) is 5.56 Å². The molecule has 2 unspecified atom stereocenters. The van der Waals surface area contributed by atoms with Crippen LogP contribution < -0.4 is 5.56 Å². The van der Waals surface area contributed by atoms with E-state index < -0.39 is 0 Å². The van der Waals surface area contributed by atoms with Crippen LogP contribution in [0.2, 0.25) is 0 Å². The zero-order valence-electron chi connectivity index (χ0n) is 16.6. The van der Waals surface area contributed by atoms with Gasteiger partial charge in [-0.3, -0.25) is 14.8 Å². The molecule has 5 heteroatoms. The lowest BCUT2D eigenvalue weighted by Crippen LogP contribution is -2.21. The van der Waals surface area contributed by atoms with Gasteiger partial charge in [-0.05, 0) is 41.8 Å². The summed E-state index contributed by atoms with van der Waals surface area (Å²) in [6, 6.07) is 20.9. The van der Waals surface area contributed by atoms with E-state index in [-0.39, 0.29) is 23.3 Å². The molecule has 1 aliphatic carbocycles. The van der Waals surface area contributed by atoms with Gasteiger partial charge in [0.05, 0.1) is 10.9 Å². The Morgan fingerprint density at radius 2 is 1.77 bits per heavy atom. The highest BCUT2D eigenvalue weighted by molar-refractivity contribution is 5.96. The molecule has 0 radical (unpaired) electrons. The molecule has 2 atom stereocenters. The van der Waals surface area contributed by atoms with E-state index >= 15 is 4.39 Å². The number of hydrogen-bond donors (Lipinski definition) is 0. The first-order valence-corrected chi connectivity index (χ1v) is 10.3. The largest absolute Gasteiger partial charge is 0.308 e. The van der Waals surface area contributed by atoms with Crippen molar-refractivity contribution >= 4 is 21.7 Å². The third-order valence-corrected chi connectivity index (χ3v) is 6.13. The Morgan fingerprint density at radius 3 is 2.65 bits per heavy atom. The van der Waals surface area contributed by atoms with Crippen molar-refractivity contribution in [2.75, 3.05) is 0 Å². The van der Waals surface area contributed by atoms with E-state index in [0.29, 0.717) is 10.8 Å². The number of pyridine rings is 3. The first-order valence-electron chi connectivity index (χ1n) is 10.3. The lowest BCUT2D eigenvalue weighted by Gasteiger charge is -2.12. The number of rotatable bonds is 3. The Kier molecular flexibility index (Phi) is 3.96. The first kappa shape index (κ1) is 18.0. The van der Waals surface area contributed by atoms with Crippen molar-refractivity contribution in [1.29, 1.82) is 0 Å². The molecule has 5 aromatic rings. The summed E-state index contributed by atoms with van der Waals surface area (Å²) < 4.78 is 16.6. The maximum Gasteiger partial charge on any atom is 0.259 e. The average Bonchev–Trinajstić information content (AvgIpc) is 3.62. The van der Waals surface area contributed by atoms with Crippen molar-refractivity contribution in [1.82, 2.24) is 14.5 Å². The lowest BCUT2D eigenvalue weighted by atomic mass is 10.00. The molecule has 0 N–H and O–H groups in total. The van der Waals surface area contributed by atoms with Crippen LogP contribution in [0.4, 0.5) is 4.39 Å². The standard InChI is InChI=1S/C26H18FN3O/c27-21-15-30(24-14-20(24)23-9-8-17-4-1-2-7-22(17)29-23)26(31)25-18(5-3-6-19(21)25)16-10-12-28-13-11-16/h1-13,15,20,24H,14H2. The molecule has 31 heavy (non-hydrogen) atoms. The molecule has 0 aliphatic heterocycles. The van der Waals surface area contributed by atoms with Gasteiger partial charge < -0.3 is 4.57 Å². The van der Waals surface area contributed by atoms with Gasteiger partial charge in [0.1, 0.15) is 5.82 Å². The molecule has 0 amide bonds. The molecular weight excluding hydrogens is 389 g/mol. The summed E-state index contributed by atoms with van der Waals surface area (Å²) in [6.07, 6.45) is 5.48. The van der Waals surface area contributed by atoms with E-state index in [1.807, 2.05) is 48.5 Å². The van der Waals surface area contributed by atoms with E-state index in [4.69, 9.17) is 4.98 Å². The summed E-state index contributed by atoms with van der Waals surface area (Å²) in [5.74, 6) is -0.283. The minimum atomic E-state index is -0.386. The number of fused-ring (bicyclic) bond motifs is 2. The summed E-state index contributed by atoms with van der Waals surface area (Å²) >= 11 is 0. The van der Waals surface area contributed by atoms with Crippen LogP contribution in [0.5, 0.6) is 0 Å². The van der Waals surface area contributed by atoms with Gasteiger partial charge in [-0.1, -0.05) is 42.5 Å². The number of hydrogen-bond acceptors (Lipinski definition) is 3. The molecule has 1 fully saturated rings. The Hall–Kier alpha value is -3.86. The maximum absolute atomic E-state index is 15.1. The first-order chi connectivity index (χ1) is 15.2. The fraction of sp³-hybridized carbons (Fsp3) is 0.115. The van der Waals surface area contributed by atoms with E-state index in [1.165, 1.54) is 6.20 Å². The van der Waals surface area contributed by atoms with Crippen molar-refractivity contribution in [2.45, 2.75) is 18.4 Å². The van der Waals surface area contributed by atoms with Crippen LogP contribution in [-0.2, 0) is 0 Å². The second-order valence-corrected chi connectivity index (χ2v) is 7.99. The fourth-order valence-electron chi connectivity index (χ4n) is 4.47. The van der Waals surface area contributed by atoms with Crippen molar-refractivity contribution < 1.29 is 4.39 Å². The molecule has 3 heterocycles. The van der Waals surface area contributed by atoms with Crippen molar-refractivity contribution in [2.24, 2.45) is 0 Å². The minimum absolute atomic E-state index is 0.0921. The fourth-order valence-corrected chi connectivity index (χ4v) is 4.47. The second-order valence-electron chi connectivity index (χ2n) is 7.99. The Morgan fingerprint density at radius 1 is 0.935 bits per heavy atom. The number of halogens is 1. The Bertz CT molecular complexity index is 1510. The Labute approximate surface area is 177 Å². The quantitative estimate of drug-likeness (QED) is 0.398. The molecule has 1 aliphatic rings. The topological polar surface area (TPSA) is 47.8 Å². The summed E-state index contributed by atoms with van der Waals surface area (Å²) in [6.45, 7) is 0. The van der Waals surface area contributed by atoms with Gasteiger partial charge in [0, 0.05) is 47.0 Å². The van der Waals surface area contributed by atoms with Gasteiger partial charge in [0.15, 0.2) is 0 Å². The van der Waals surface area contributed by atoms with Gasteiger partial charge in [0.2, 0.25) is 0 Å². The average molecular weight is 407 g/mol. The summed E-state index contributed by atoms with van der Waals surface area (Å²) in [5, 5.41) is 1.83. The van der Waals surface area contributed by atoms with Crippen LogP contribution in [0.25, 0.3) is 32.8 Å². The SMILES string of the molecule is O=c1c2c(-c3ccncc3)cccc2c(F)cn1C1CC1c1ccc2ccccc2n1. The lowest BCUT2D eigenvalue weighted by molar-refractivity contribution is 0.594. The van der Waals surface area contributed by atoms with Crippen LogP contribution >= 0.6 is 0 Å². The molecular formula is C26H18FN3O. The molecule has 1 saturated carbocycles. The predicted molar refractivity (Wildman–Crippen MR) is 120 cm³/mol. The van der Waals surface area contributed by atoms with E-state index in [0.717, 1.165) is 34.1 Å². The molecule has 6 rings (SSSR count). The van der Waals surface area contributed by atoms with Crippen LogP contribution in [0.15, 0.2) is 90.1 Å². The zero-order valence-corrected chi connectivity index (χ0v) is 16.6. The molecule has 0 saturated heterocycles. The minimum Gasteiger partial charge on any atom is -0.308 e. The van der Waals surface area contributed by atoms with Gasteiger partial charge in [-0.25, -0.2) is 4.39 Å². The van der Waals surface area contributed by atoms with Crippen molar-refractivity contribution in [3.63, 3.8) is 0 Å². The highest BCUT2D eigenvalue weighted by Gasteiger charge is 2.42. The molecule has 0 spiro atoms. The van der Waals surface area contributed by atoms with Crippen LogP contribution in [0.3, 0.4) is 0 Å². The third kappa shape index (κ3) is 2.93. The highest BCUT2D eigenvalue weighted by Crippen LogP contribution is 2.50. The number of benzene rings is 2. The van der Waals surface area contributed by atoms with Crippen LogP contribution in [0, 0.1) is 5.82 Å². The van der Waals surface area contributed by atoms with Crippen molar-refractivity contribution in [3.8, 4) is 11.1 Å². The molecule has 4 nitrogen and oxygen atoms in total. The van der Waals surface area contributed by atoms with Gasteiger partial charge in [-0.15, -0.1) is 0 Å². The van der Waals surface area contributed by atoms with Gasteiger partial charge >= 0.3 is 0 Å². The monoisotopic (exact) mass is 407 g/mol. The normalized spacial score (nSPS) is 17.8. The number of para-hydroxylation sites is 1. The van der Waals surface area contributed by atoms with E-state index in [9.17, 15) is 4.79 Å². The summed E-state index contributed by atoms with van der Waals surface area (Å²) in [5.41, 5.74) is 3.27. The maximum atomic E-state index is 15.1. The molecule has 3 aromatic heterocycles. The van der Waals surface area contributed by atoms with Crippen LogP contribution in [-0.4, -0.2) is 14.5 Å². The van der Waals surface area contributed by atoms with E-state index in [2.05, 4.69) is 11.1 Å². The number of nitrogens with zero attached hydrogens (tertiary/aromatic N) is 3. The molecule has 0 bridgehead atoms. The second kappa shape index (κ2) is 6.84. The zero-order chi connectivity index (χ0) is 20.9. The Balaban J connectivity index is 1.47. The van der Waals surface area contributed by atoms with E-state index in [1.54, 1.807) is 29.1 Å². The summed E-state index contributed by atoms with van der Waals surface area (Å²) in [4.78, 5) is 22.3. The van der Waals surface area contributed by atoms with Crippen molar-refractivity contribution in [3.05, 3.63) is 107 Å². The van der Waals surface area contributed by atoms with Crippen LogP contribution in [0.1, 0.15) is 24.1 Å². The highest BCUT2D eigenvalue weighted by atomic mass is 19.1. The summed E-state index contributed by atoms with van der Waals surface area (Å²) in [7, 11) is 0. The number of aromatic nitrogens is 3. The van der Waals surface area contributed by atoms with Gasteiger partial charge in [-0.2, -0.15) is 0 Å².